The van der Waals surface area contributed by atoms with Crippen LogP contribution in [-0.2, 0) is 0 Å². The first-order valence-electron chi connectivity index (χ1n) is 8.72. The highest BCUT2D eigenvalue weighted by atomic mass is 32.1. The molecule has 3 aromatic rings. The molecule has 0 radical (unpaired) electrons. The maximum absolute atomic E-state index is 12.0. The molecule has 9 nitrogen and oxygen atoms in total. The molecule has 2 amide bonds. The average Bonchev–Trinajstić information content (AvgIpc) is 2.76. The maximum atomic E-state index is 12.0. The monoisotopic (exact) mass is 415 g/mol. The molecule has 0 aliphatic rings. The van der Waals surface area contributed by atoms with E-state index in [-0.39, 0.29) is 5.82 Å². The smallest absolute Gasteiger partial charge is 0.332 e. The number of hydrogen-bond donors (Lipinski definition) is 2. The number of thiol groups is 1. The summed E-state index contributed by atoms with van der Waals surface area (Å²) in [7, 11) is 4.65. The highest BCUT2D eigenvalue weighted by Gasteiger charge is 2.16. The summed E-state index contributed by atoms with van der Waals surface area (Å²) in [6.07, 6.45) is 1.47. The molecule has 29 heavy (non-hydrogen) atoms. The Labute approximate surface area is 173 Å². The van der Waals surface area contributed by atoms with Gasteiger partial charge in [0.05, 0.1) is 33.2 Å². The Morgan fingerprint density at radius 3 is 2.38 bits per heavy atom. The molecule has 0 unspecified atom stereocenters. The van der Waals surface area contributed by atoms with Crippen molar-refractivity contribution in [3.63, 3.8) is 0 Å². The third-order valence-electron chi connectivity index (χ3n) is 4.14. The molecule has 0 aliphatic carbocycles. The molecule has 0 fully saturated rings. The highest BCUT2D eigenvalue weighted by molar-refractivity contribution is 7.78. The maximum Gasteiger partial charge on any atom is 0.332 e. The zero-order valence-corrected chi connectivity index (χ0v) is 17.4. The van der Waals surface area contributed by atoms with Gasteiger partial charge in [-0.3, -0.25) is 9.62 Å². The van der Waals surface area contributed by atoms with Crippen molar-refractivity contribution in [1.82, 2.24) is 19.3 Å². The summed E-state index contributed by atoms with van der Waals surface area (Å²) in [5.41, 5.74) is 2.37. The van der Waals surface area contributed by atoms with Crippen LogP contribution in [0.5, 0.6) is 17.2 Å². The second-order valence-electron chi connectivity index (χ2n) is 5.85. The number of hydrogen-bond acceptors (Lipinski definition) is 8. The Balaban J connectivity index is 2.01. The first-order chi connectivity index (χ1) is 14.0. The second-order valence-corrected chi connectivity index (χ2v) is 6.34. The number of aromatic nitrogens is 3. The molecule has 0 spiro atoms. The predicted octanol–water partition coefficient (Wildman–Crippen LogP) is 3.42. The molecular weight excluding hydrogens is 394 g/mol. The lowest BCUT2D eigenvalue weighted by molar-refractivity contribution is 0.240. The lowest BCUT2D eigenvalue weighted by Crippen LogP contribution is -2.27. The summed E-state index contributed by atoms with van der Waals surface area (Å²) in [6.45, 7) is 2.25. The Morgan fingerprint density at radius 2 is 1.79 bits per heavy atom. The van der Waals surface area contributed by atoms with Crippen molar-refractivity contribution in [2.24, 2.45) is 0 Å². The van der Waals surface area contributed by atoms with Crippen LogP contribution in [0.2, 0.25) is 0 Å². The summed E-state index contributed by atoms with van der Waals surface area (Å²) < 4.78 is 17.4. The standard InChI is InChI=1S/C19H21N5O4S/c1-5-24(29)19(25)23-16-10-20-13-7-6-12(21-18(13)22-16)11-8-14(26-2)17(28-4)15(9-11)27-3/h6-10,29H,5H2,1-4H3,(H,21,22,23,25). The summed E-state index contributed by atoms with van der Waals surface area (Å²) in [6, 6.07) is 6.83. The normalized spacial score (nSPS) is 10.5. The minimum atomic E-state index is -0.398. The fourth-order valence-electron chi connectivity index (χ4n) is 2.67. The Morgan fingerprint density at radius 1 is 1.10 bits per heavy atom. The molecule has 0 saturated heterocycles. The van der Waals surface area contributed by atoms with Crippen LogP contribution >= 0.6 is 12.8 Å². The first-order valence-corrected chi connectivity index (χ1v) is 9.12. The van der Waals surface area contributed by atoms with Crippen LogP contribution in [0.3, 0.4) is 0 Å². The summed E-state index contributed by atoms with van der Waals surface area (Å²) in [5, 5.41) is 2.64. The Hall–Kier alpha value is -3.27. The van der Waals surface area contributed by atoms with E-state index < -0.39 is 6.03 Å². The number of carbonyl (C=O) groups is 1. The van der Waals surface area contributed by atoms with Crippen molar-refractivity contribution in [2.75, 3.05) is 33.2 Å². The van der Waals surface area contributed by atoms with E-state index in [4.69, 9.17) is 14.2 Å². The van der Waals surface area contributed by atoms with Gasteiger partial charge in [0.2, 0.25) is 5.75 Å². The highest BCUT2D eigenvalue weighted by Crippen LogP contribution is 2.40. The first kappa shape index (κ1) is 20.5. The number of methoxy groups -OCH3 is 3. The number of pyridine rings is 1. The van der Waals surface area contributed by atoms with E-state index in [1.54, 1.807) is 39.5 Å². The number of amides is 2. The number of urea groups is 1. The molecule has 152 valence electrons. The largest absolute Gasteiger partial charge is 0.493 e. The number of ether oxygens (including phenoxy) is 3. The van der Waals surface area contributed by atoms with Gasteiger partial charge in [-0.25, -0.2) is 19.7 Å². The predicted molar refractivity (Wildman–Crippen MR) is 113 cm³/mol. The number of carbonyl (C=O) groups excluding carboxylic acids is 1. The number of benzene rings is 1. The van der Waals surface area contributed by atoms with Crippen LogP contribution in [0.1, 0.15) is 6.92 Å². The topological polar surface area (TPSA) is 98.7 Å². The van der Waals surface area contributed by atoms with E-state index >= 15 is 0 Å². The molecule has 0 saturated carbocycles. The lowest BCUT2D eigenvalue weighted by atomic mass is 10.1. The zero-order chi connectivity index (χ0) is 21.0. The number of nitrogens with one attached hydrogen (secondary N) is 1. The quantitative estimate of drug-likeness (QED) is 0.595. The number of rotatable bonds is 6. The minimum absolute atomic E-state index is 0.282. The van der Waals surface area contributed by atoms with Gasteiger partial charge in [0.15, 0.2) is 23.0 Å². The molecule has 0 bridgehead atoms. The second kappa shape index (κ2) is 8.82. The molecule has 1 N–H and O–H groups in total. The van der Waals surface area contributed by atoms with Gasteiger partial charge in [0.1, 0.15) is 5.52 Å². The zero-order valence-electron chi connectivity index (χ0n) is 16.5. The van der Waals surface area contributed by atoms with Crippen LogP contribution in [-0.4, -0.2) is 53.2 Å². The van der Waals surface area contributed by atoms with Gasteiger partial charge in [-0.2, -0.15) is 0 Å². The van der Waals surface area contributed by atoms with Crippen molar-refractivity contribution < 1.29 is 19.0 Å². The average molecular weight is 415 g/mol. The van der Waals surface area contributed by atoms with Crippen molar-refractivity contribution >= 4 is 35.8 Å². The van der Waals surface area contributed by atoms with Crippen molar-refractivity contribution in [3.05, 3.63) is 30.5 Å². The summed E-state index contributed by atoms with van der Waals surface area (Å²) in [4.78, 5) is 25.2. The molecule has 3 rings (SSSR count). The van der Waals surface area contributed by atoms with Gasteiger partial charge in [-0.15, -0.1) is 0 Å². The Bertz CT molecular complexity index is 1020. The molecule has 0 aliphatic heterocycles. The van der Waals surface area contributed by atoms with E-state index in [2.05, 4.69) is 33.1 Å². The van der Waals surface area contributed by atoms with Crippen molar-refractivity contribution in [1.29, 1.82) is 0 Å². The van der Waals surface area contributed by atoms with Gasteiger partial charge in [-0.1, -0.05) is 12.8 Å². The summed E-state index contributed by atoms with van der Waals surface area (Å²) >= 11 is 4.07. The van der Waals surface area contributed by atoms with Crippen LogP contribution in [0.25, 0.3) is 22.4 Å². The van der Waals surface area contributed by atoms with E-state index in [0.29, 0.717) is 40.7 Å². The third kappa shape index (κ3) is 4.27. The SMILES string of the molecule is CCN(S)C(=O)Nc1cnc2ccc(-c3cc(OC)c(OC)c(OC)c3)nc2n1. The minimum Gasteiger partial charge on any atom is -0.493 e. The lowest BCUT2D eigenvalue weighted by Gasteiger charge is -2.14. The van der Waals surface area contributed by atoms with E-state index in [0.717, 1.165) is 5.56 Å². The van der Waals surface area contributed by atoms with Crippen LogP contribution < -0.4 is 19.5 Å². The van der Waals surface area contributed by atoms with E-state index in [1.807, 2.05) is 13.0 Å². The van der Waals surface area contributed by atoms with Gasteiger partial charge >= 0.3 is 6.03 Å². The number of anilines is 1. The third-order valence-corrected chi connectivity index (χ3v) is 4.60. The van der Waals surface area contributed by atoms with Crippen LogP contribution in [0.15, 0.2) is 30.5 Å². The molecule has 0 atom stereocenters. The van der Waals surface area contributed by atoms with Crippen molar-refractivity contribution in [2.45, 2.75) is 6.92 Å². The fourth-order valence-corrected chi connectivity index (χ4v) is 2.72. The molecular formula is C19H21N5O4S. The van der Waals surface area contributed by atoms with E-state index in [9.17, 15) is 4.79 Å². The number of nitrogens with zero attached hydrogens (tertiary/aromatic N) is 4. The van der Waals surface area contributed by atoms with Crippen LogP contribution in [0, 0.1) is 0 Å². The Kier molecular flexibility index (Phi) is 6.23. The summed E-state index contributed by atoms with van der Waals surface area (Å²) in [5.74, 6) is 1.81. The van der Waals surface area contributed by atoms with Gasteiger partial charge < -0.3 is 14.2 Å². The molecule has 10 heteroatoms. The van der Waals surface area contributed by atoms with Gasteiger partial charge in [0.25, 0.3) is 0 Å². The molecule has 2 aromatic heterocycles. The van der Waals surface area contributed by atoms with E-state index in [1.165, 1.54) is 10.5 Å². The molecule has 2 heterocycles. The van der Waals surface area contributed by atoms with Crippen molar-refractivity contribution in [3.8, 4) is 28.5 Å². The van der Waals surface area contributed by atoms with Crippen LogP contribution in [0.4, 0.5) is 10.6 Å². The fraction of sp³-hybridized carbons (Fsp3) is 0.263. The van der Waals surface area contributed by atoms with Gasteiger partial charge in [-0.05, 0) is 31.2 Å². The molecule has 1 aromatic carbocycles. The van der Waals surface area contributed by atoms with Gasteiger partial charge in [0, 0.05) is 12.1 Å². The number of fused-ring (bicyclic) bond motifs is 1.